The summed E-state index contributed by atoms with van der Waals surface area (Å²) in [6.45, 7) is 0.544. The maximum absolute atomic E-state index is 12.0. The van der Waals surface area contributed by atoms with Gasteiger partial charge in [-0.2, -0.15) is 0 Å². The maximum Gasteiger partial charge on any atom is 0.303 e. The number of hydrogen-bond donors (Lipinski definition) is 3. The van der Waals surface area contributed by atoms with Crippen LogP contribution < -0.4 is 15.4 Å². The molecular formula is C18H24N2O5. The topological polar surface area (TPSA) is 105 Å². The number of carboxylic acids is 1. The van der Waals surface area contributed by atoms with Crippen molar-refractivity contribution in [1.29, 1.82) is 0 Å². The maximum atomic E-state index is 12.0. The Morgan fingerprint density at radius 1 is 1.12 bits per heavy atom. The Hall–Kier alpha value is -2.57. The second-order valence-corrected chi connectivity index (χ2v) is 6.06. The zero-order valence-corrected chi connectivity index (χ0v) is 14.1. The summed E-state index contributed by atoms with van der Waals surface area (Å²) in [5, 5.41) is 14.1. The standard InChI is InChI=1S/C18H24N2O5/c21-16(19-11-7-3-1-2-4-10-17(22)23)12-15-18(24)20-13-8-5-6-9-14(13)25-15/h5-6,8-9,15H,1-4,7,10-12H2,(H,19,21)(H,20,24)(H,22,23). The molecule has 1 aliphatic rings. The lowest BCUT2D eigenvalue weighted by molar-refractivity contribution is -0.137. The first-order valence-electron chi connectivity index (χ1n) is 8.61. The fraction of sp³-hybridized carbons (Fsp3) is 0.500. The number of para-hydroxylation sites is 2. The number of amides is 2. The summed E-state index contributed by atoms with van der Waals surface area (Å²) in [6.07, 6.45) is 3.68. The summed E-state index contributed by atoms with van der Waals surface area (Å²) in [5.74, 6) is -0.720. The van der Waals surface area contributed by atoms with Gasteiger partial charge in [-0.05, 0) is 25.0 Å². The van der Waals surface area contributed by atoms with Gasteiger partial charge in [0, 0.05) is 13.0 Å². The Bertz CT molecular complexity index is 617. The molecule has 7 nitrogen and oxygen atoms in total. The van der Waals surface area contributed by atoms with Crippen molar-refractivity contribution in [2.24, 2.45) is 0 Å². The predicted molar refractivity (Wildman–Crippen MR) is 92.5 cm³/mol. The van der Waals surface area contributed by atoms with Crippen LogP contribution in [0.3, 0.4) is 0 Å². The number of aliphatic carboxylic acids is 1. The smallest absolute Gasteiger partial charge is 0.303 e. The third kappa shape index (κ3) is 6.45. The summed E-state index contributed by atoms with van der Waals surface area (Å²) in [4.78, 5) is 34.3. The number of carbonyl (C=O) groups is 3. The van der Waals surface area contributed by atoms with Gasteiger partial charge in [-0.3, -0.25) is 14.4 Å². The van der Waals surface area contributed by atoms with Crippen LogP contribution in [0.4, 0.5) is 5.69 Å². The van der Waals surface area contributed by atoms with Crippen LogP contribution in [0.1, 0.15) is 44.9 Å². The molecule has 3 N–H and O–H groups in total. The van der Waals surface area contributed by atoms with Crippen molar-refractivity contribution in [3.63, 3.8) is 0 Å². The zero-order chi connectivity index (χ0) is 18.1. The molecule has 0 saturated carbocycles. The van der Waals surface area contributed by atoms with Crippen molar-refractivity contribution in [2.45, 2.75) is 51.0 Å². The molecule has 2 rings (SSSR count). The van der Waals surface area contributed by atoms with Gasteiger partial charge in [0.2, 0.25) is 5.91 Å². The van der Waals surface area contributed by atoms with Crippen LogP contribution in [0.5, 0.6) is 5.75 Å². The van der Waals surface area contributed by atoms with E-state index < -0.39 is 12.1 Å². The van der Waals surface area contributed by atoms with Gasteiger partial charge in [-0.1, -0.05) is 31.4 Å². The molecule has 0 aliphatic carbocycles. The van der Waals surface area contributed by atoms with Crippen LogP contribution in [-0.2, 0) is 14.4 Å². The number of ether oxygens (including phenoxy) is 1. The first-order chi connectivity index (χ1) is 12.1. The first-order valence-corrected chi connectivity index (χ1v) is 8.61. The van der Waals surface area contributed by atoms with E-state index in [0.717, 1.165) is 25.7 Å². The van der Waals surface area contributed by atoms with E-state index in [4.69, 9.17) is 9.84 Å². The highest BCUT2D eigenvalue weighted by molar-refractivity contribution is 5.99. The van der Waals surface area contributed by atoms with Gasteiger partial charge in [0.25, 0.3) is 5.91 Å². The van der Waals surface area contributed by atoms with E-state index in [-0.39, 0.29) is 24.7 Å². The van der Waals surface area contributed by atoms with Crippen molar-refractivity contribution in [3.8, 4) is 5.75 Å². The molecule has 2 amide bonds. The molecule has 1 aromatic carbocycles. The van der Waals surface area contributed by atoms with E-state index >= 15 is 0 Å². The average molecular weight is 348 g/mol. The molecule has 1 atom stereocenters. The molecule has 0 bridgehead atoms. The van der Waals surface area contributed by atoms with E-state index in [9.17, 15) is 14.4 Å². The Labute approximate surface area is 146 Å². The fourth-order valence-electron chi connectivity index (χ4n) is 2.63. The number of carboxylic acid groups (broad SMARTS) is 1. The molecule has 0 fully saturated rings. The number of benzene rings is 1. The lowest BCUT2D eigenvalue weighted by Crippen LogP contribution is -2.41. The van der Waals surface area contributed by atoms with Crippen molar-refractivity contribution in [3.05, 3.63) is 24.3 Å². The summed E-state index contributed by atoms with van der Waals surface area (Å²) < 4.78 is 5.59. The SMILES string of the molecule is O=C(O)CCCCCCCNC(=O)CC1Oc2ccccc2NC1=O. The highest BCUT2D eigenvalue weighted by Gasteiger charge is 2.29. The summed E-state index contributed by atoms with van der Waals surface area (Å²) in [7, 11) is 0. The van der Waals surface area contributed by atoms with Gasteiger partial charge in [0.15, 0.2) is 6.10 Å². The number of hydrogen-bond acceptors (Lipinski definition) is 4. The van der Waals surface area contributed by atoms with E-state index in [1.54, 1.807) is 18.2 Å². The second-order valence-electron chi connectivity index (χ2n) is 6.06. The zero-order valence-electron chi connectivity index (χ0n) is 14.1. The van der Waals surface area contributed by atoms with E-state index in [1.807, 2.05) is 6.07 Å². The van der Waals surface area contributed by atoms with Crippen LogP contribution in [0, 0.1) is 0 Å². The number of rotatable bonds is 10. The van der Waals surface area contributed by atoms with Crippen LogP contribution in [0.15, 0.2) is 24.3 Å². The molecule has 7 heteroatoms. The Morgan fingerprint density at radius 2 is 1.84 bits per heavy atom. The molecule has 0 aromatic heterocycles. The van der Waals surface area contributed by atoms with Gasteiger partial charge in [-0.25, -0.2) is 0 Å². The van der Waals surface area contributed by atoms with Gasteiger partial charge >= 0.3 is 5.97 Å². The van der Waals surface area contributed by atoms with Crippen LogP contribution >= 0.6 is 0 Å². The van der Waals surface area contributed by atoms with Gasteiger partial charge in [0.1, 0.15) is 5.75 Å². The minimum Gasteiger partial charge on any atom is -0.481 e. The molecular weight excluding hydrogens is 324 g/mol. The number of nitrogens with one attached hydrogen (secondary N) is 2. The minimum absolute atomic E-state index is 0.0151. The molecule has 25 heavy (non-hydrogen) atoms. The van der Waals surface area contributed by atoms with Gasteiger partial charge < -0.3 is 20.5 Å². The van der Waals surface area contributed by atoms with Crippen LogP contribution in [0.25, 0.3) is 0 Å². The summed E-state index contributed by atoms with van der Waals surface area (Å²) in [6, 6.07) is 7.12. The van der Waals surface area contributed by atoms with E-state index in [1.165, 1.54) is 0 Å². The van der Waals surface area contributed by atoms with Gasteiger partial charge in [0.05, 0.1) is 12.1 Å². The lowest BCUT2D eigenvalue weighted by Gasteiger charge is -2.25. The molecule has 0 radical (unpaired) electrons. The Balaban J connectivity index is 1.59. The third-order valence-corrected chi connectivity index (χ3v) is 3.97. The molecule has 1 heterocycles. The number of fused-ring (bicyclic) bond motifs is 1. The number of carbonyl (C=O) groups excluding carboxylic acids is 2. The van der Waals surface area contributed by atoms with Crippen LogP contribution in [-0.4, -0.2) is 35.5 Å². The molecule has 1 aliphatic heterocycles. The number of unbranched alkanes of at least 4 members (excludes halogenated alkanes) is 4. The van der Waals surface area contributed by atoms with Crippen molar-refractivity contribution >= 4 is 23.5 Å². The molecule has 0 spiro atoms. The summed E-state index contributed by atoms with van der Waals surface area (Å²) >= 11 is 0. The molecule has 1 aromatic rings. The van der Waals surface area contributed by atoms with Gasteiger partial charge in [-0.15, -0.1) is 0 Å². The number of anilines is 1. The lowest BCUT2D eigenvalue weighted by atomic mass is 10.1. The first kappa shape index (κ1) is 18.8. The highest BCUT2D eigenvalue weighted by atomic mass is 16.5. The molecule has 1 unspecified atom stereocenters. The summed E-state index contributed by atoms with van der Waals surface area (Å²) in [5.41, 5.74) is 0.618. The Morgan fingerprint density at radius 3 is 2.64 bits per heavy atom. The van der Waals surface area contributed by atoms with Crippen molar-refractivity contribution < 1.29 is 24.2 Å². The third-order valence-electron chi connectivity index (χ3n) is 3.97. The van der Waals surface area contributed by atoms with Crippen LogP contribution in [0.2, 0.25) is 0 Å². The van der Waals surface area contributed by atoms with Crippen molar-refractivity contribution in [1.82, 2.24) is 5.32 Å². The largest absolute Gasteiger partial charge is 0.481 e. The molecule has 0 saturated heterocycles. The van der Waals surface area contributed by atoms with E-state index in [0.29, 0.717) is 24.4 Å². The van der Waals surface area contributed by atoms with E-state index in [2.05, 4.69) is 10.6 Å². The molecule has 136 valence electrons. The quantitative estimate of drug-likeness (QED) is 0.563. The Kier molecular flexibility index (Phi) is 7.25. The monoisotopic (exact) mass is 348 g/mol. The minimum atomic E-state index is -0.814. The average Bonchev–Trinajstić information content (AvgIpc) is 2.57. The van der Waals surface area contributed by atoms with Crippen molar-refractivity contribution in [2.75, 3.05) is 11.9 Å². The highest BCUT2D eigenvalue weighted by Crippen LogP contribution is 2.29. The normalized spacial score (nSPS) is 15.7. The second kappa shape index (κ2) is 9.66. The fourth-order valence-corrected chi connectivity index (χ4v) is 2.63. The predicted octanol–water partition coefficient (Wildman–Crippen LogP) is 2.32.